The molecule has 7 heteroatoms. The van der Waals surface area contributed by atoms with Crippen molar-refractivity contribution >= 4 is 22.6 Å². The molecule has 0 bridgehead atoms. The van der Waals surface area contributed by atoms with Crippen LogP contribution in [-0.4, -0.2) is 12.5 Å². The highest BCUT2D eigenvalue weighted by atomic mass is 16.5. The number of amides is 1. The van der Waals surface area contributed by atoms with Gasteiger partial charge in [0.25, 0.3) is 5.91 Å². The molecule has 2 heterocycles. The van der Waals surface area contributed by atoms with Crippen molar-refractivity contribution in [2.45, 2.75) is 13.2 Å². The number of nitrogens with one attached hydrogen (secondary N) is 1. The summed E-state index contributed by atoms with van der Waals surface area (Å²) < 4.78 is 21.5. The molecule has 2 aromatic heterocycles. The number of hydrogen-bond acceptors (Lipinski definition) is 6. The van der Waals surface area contributed by atoms with Gasteiger partial charge in [0.2, 0.25) is 0 Å². The molecule has 0 radical (unpaired) electrons. The Bertz CT molecular complexity index is 1200. The monoisotopic (exact) mass is 405 g/mol. The summed E-state index contributed by atoms with van der Waals surface area (Å²) in [6.07, 6.45) is 1.60. The van der Waals surface area contributed by atoms with E-state index in [1.165, 1.54) is 6.07 Å². The summed E-state index contributed by atoms with van der Waals surface area (Å²) in [6, 6.07) is 19.1. The average molecular weight is 405 g/mol. The smallest absolute Gasteiger partial charge is 0.336 e. The molecule has 0 fully saturated rings. The second kappa shape index (κ2) is 9.11. The van der Waals surface area contributed by atoms with Crippen LogP contribution in [-0.2, 0) is 22.7 Å². The quantitative estimate of drug-likeness (QED) is 0.444. The Morgan fingerprint density at radius 1 is 0.967 bits per heavy atom. The van der Waals surface area contributed by atoms with E-state index < -0.39 is 5.63 Å². The van der Waals surface area contributed by atoms with Crippen LogP contribution in [0.25, 0.3) is 11.0 Å². The third-order valence-corrected chi connectivity index (χ3v) is 4.27. The Hall–Kier alpha value is -3.84. The zero-order chi connectivity index (χ0) is 20.8. The van der Waals surface area contributed by atoms with Crippen LogP contribution in [0, 0.1) is 0 Å². The van der Waals surface area contributed by atoms with E-state index in [9.17, 15) is 9.59 Å². The van der Waals surface area contributed by atoms with E-state index in [4.69, 9.17) is 18.3 Å². The Kier molecular flexibility index (Phi) is 5.91. The first-order valence-corrected chi connectivity index (χ1v) is 9.31. The highest BCUT2D eigenvalue weighted by molar-refractivity contribution is 5.92. The summed E-state index contributed by atoms with van der Waals surface area (Å²) in [5.41, 5.74) is 1.53. The first kappa shape index (κ1) is 19.5. The molecule has 0 saturated carbocycles. The summed E-state index contributed by atoms with van der Waals surface area (Å²) in [4.78, 5) is 23.6. The van der Waals surface area contributed by atoms with Crippen LogP contribution in [0.5, 0.6) is 5.75 Å². The minimum Gasteiger partial charge on any atom is -0.484 e. The minimum atomic E-state index is -0.439. The molecule has 0 aliphatic rings. The zero-order valence-corrected chi connectivity index (χ0v) is 16.0. The molecule has 2 aromatic carbocycles. The maximum Gasteiger partial charge on any atom is 0.336 e. The Labute approximate surface area is 171 Å². The molecule has 4 aromatic rings. The van der Waals surface area contributed by atoms with Crippen LogP contribution < -0.4 is 15.7 Å². The third-order valence-electron chi connectivity index (χ3n) is 4.27. The predicted octanol–water partition coefficient (Wildman–Crippen LogP) is 4.12. The number of rotatable bonds is 8. The van der Waals surface area contributed by atoms with E-state index in [2.05, 4.69) is 5.32 Å². The molecular weight excluding hydrogens is 386 g/mol. The topological polar surface area (TPSA) is 90.9 Å². The van der Waals surface area contributed by atoms with Crippen molar-refractivity contribution in [2.24, 2.45) is 0 Å². The van der Waals surface area contributed by atoms with E-state index in [1.807, 2.05) is 30.3 Å². The summed E-state index contributed by atoms with van der Waals surface area (Å²) >= 11 is 0. The van der Waals surface area contributed by atoms with Gasteiger partial charge in [0.15, 0.2) is 6.61 Å². The Morgan fingerprint density at radius 3 is 2.73 bits per heavy atom. The van der Waals surface area contributed by atoms with Crippen molar-refractivity contribution in [1.29, 1.82) is 0 Å². The number of hydrogen-bond donors (Lipinski definition) is 1. The molecule has 7 nitrogen and oxygen atoms in total. The van der Waals surface area contributed by atoms with Crippen LogP contribution >= 0.6 is 0 Å². The van der Waals surface area contributed by atoms with Crippen LogP contribution in [0.1, 0.15) is 11.3 Å². The van der Waals surface area contributed by atoms with Gasteiger partial charge in [-0.1, -0.05) is 12.1 Å². The Morgan fingerprint density at radius 2 is 1.87 bits per heavy atom. The first-order chi connectivity index (χ1) is 14.7. The van der Waals surface area contributed by atoms with Gasteiger partial charge in [-0.25, -0.2) is 4.79 Å². The van der Waals surface area contributed by atoms with Crippen molar-refractivity contribution in [3.05, 3.63) is 94.7 Å². The van der Waals surface area contributed by atoms with Crippen LogP contribution in [0.2, 0.25) is 0 Å². The van der Waals surface area contributed by atoms with E-state index in [1.54, 1.807) is 36.6 Å². The van der Waals surface area contributed by atoms with Gasteiger partial charge in [0.05, 0.1) is 12.9 Å². The normalized spacial score (nSPS) is 10.8. The molecule has 152 valence electrons. The number of carbonyl (C=O) groups is 1. The number of ether oxygens (including phenoxy) is 2. The first-order valence-electron chi connectivity index (χ1n) is 9.31. The Balaban J connectivity index is 1.30. The number of fused-ring (bicyclic) bond motifs is 1. The maximum absolute atomic E-state index is 12.2. The van der Waals surface area contributed by atoms with Crippen molar-refractivity contribution in [3.8, 4) is 5.75 Å². The van der Waals surface area contributed by atoms with E-state index in [0.29, 0.717) is 30.2 Å². The van der Waals surface area contributed by atoms with Crippen molar-refractivity contribution in [1.82, 2.24) is 0 Å². The average Bonchev–Trinajstić information content (AvgIpc) is 3.26. The molecule has 1 N–H and O–H groups in total. The molecule has 0 spiro atoms. The fourth-order valence-electron chi connectivity index (χ4n) is 2.88. The molecule has 0 atom stereocenters. The van der Waals surface area contributed by atoms with Gasteiger partial charge in [-0.3, -0.25) is 4.79 Å². The molecule has 0 aliphatic carbocycles. The molecule has 0 unspecified atom stereocenters. The fraction of sp³-hybridized carbons (Fsp3) is 0.130. The van der Waals surface area contributed by atoms with Crippen molar-refractivity contribution in [3.63, 3.8) is 0 Å². The molecule has 4 rings (SSSR count). The van der Waals surface area contributed by atoms with E-state index >= 15 is 0 Å². The van der Waals surface area contributed by atoms with Crippen molar-refractivity contribution in [2.75, 3.05) is 11.9 Å². The lowest BCUT2D eigenvalue weighted by Crippen LogP contribution is -2.20. The van der Waals surface area contributed by atoms with Gasteiger partial charge in [-0.2, -0.15) is 0 Å². The van der Waals surface area contributed by atoms with Crippen LogP contribution in [0.3, 0.4) is 0 Å². The summed E-state index contributed by atoms with van der Waals surface area (Å²) in [7, 11) is 0. The largest absolute Gasteiger partial charge is 0.484 e. The number of furan rings is 1. The number of anilines is 1. The molecule has 30 heavy (non-hydrogen) atoms. The minimum absolute atomic E-state index is 0.179. The van der Waals surface area contributed by atoms with Gasteiger partial charge in [0, 0.05) is 23.2 Å². The van der Waals surface area contributed by atoms with Gasteiger partial charge in [-0.15, -0.1) is 0 Å². The standard InChI is InChI=1S/C23H19NO6/c25-22(15-29-19-8-6-17-7-9-23(26)30-21(17)12-19)24-18-4-1-3-16(11-18)13-27-14-20-5-2-10-28-20/h1-12H,13-15H2,(H,24,25). The molecule has 0 aliphatic heterocycles. The van der Waals surface area contributed by atoms with E-state index in [0.717, 1.165) is 16.7 Å². The van der Waals surface area contributed by atoms with Crippen LogP contribution in [0.4, 0.5) is 5.69 Å². The summed E-state index contributed by atoms with van der Waals surface area (Å²) in [5.74, 6) is 0.884. The van der Waals surface area contributed by atoms with Crippen LogP contribution in [0.15, 0.2) is 86.6 Å². The number of carbonyl (C=O) groups excluding carboxylic acids is 1. The summed E-state index contributed by atoms with van der Waals surface area (Å²) in [6.45, 7) is 0.592. The van der Waals surface area contributed by atoms with Gasteiger partial charge in [0.1, 0.15) is 23.7 Å². The van der Waals surface area contributed by atoms with Gasteiger partial charge >= 0.3 is 5.63 Å². The summed E-state index contributed by atoms with van der Waals surface area (Å²) in [5, 5.41) is 3.57. The zero-order valence-electron chi connectivity index (χ0n) is 16.0. The van der Waals surface area contributed by atoms with E-state index in [-0.39, 0.29) is 12.5 Å². The fourth-order valence-corrected chi connectivity index (χ4v) is 2.88. The van der Waals surface area contributed by atoms with Gasteiger partial charge in [-0.05, 0) is 48.0 Å². The second-order valence-corrected chi connectivity index (χ2v) is 6.56. The predicted molar refractivity (Wildman–Crippen MR) is 110 cm³/mol. The molecular formula is C23H19NO6. The second-order valence-electron chi connectivity index (χ2n) is 6.56. The highest BCUT2D eigenvalue weighted by Crippen LogP contribution is 2.19. The van der Waals surface area contributed by atoms with Crippen molar-refractivity contribution < 1.29 is 23.1 Å². The number of benzene rings is 2. The highest BCUT2D eigenvalue weighted by Gasteiger charge is 2.07. The lowest BCUT2D eigenvalue weighted by Gasteiger charge is -2.09. The third kappa shape index (κ3) is 5.15. The lowest BCUT2D eigenvalue weighted by atomic mass is 10.2. The maximum atomic E-state index is 12.2. The molecule has 1 amide bonds. The lowest BCUT2D eigenvalue weighted by molar-refractivity contribution is -0.118. The van der Waals surface area contributed by atoms with Gasteiger partial charge < -0.3 is 23.6 Å². The SMILES string of the molecule is O=C(COc1ccc2ccc(=O)oc2c1)Nc1cccc(COCc2ccco2)c1. The molecule has 0 saturated heterocycles.